The molecule has 1 aromatic carbocycles. The Kier molecular flexibility index (Phi) is 4.68. The number of benzene rings is 1. The standard InChI is InChI=1S/C21H26N2O4/c1-3-5-17-11-19(22-27-17)20(24)23-12-14-8-9-21(25,18(14)13-23)15-6-4-7-16(10-15)26-2/h4,6-7,10-11,14,18,25H,3,5,8-9,12-13H2,1-2H3/t14-,18+,21-/m0/s1. The van der Waals surface area contributed by atoms with Gasteiger partial charge in [0.1, 0.15) is 11.5 Å². The molecule has 1 saturated carbocycles. The number of aliphatic hydroxyl groups is 1. The number of carbonyl (C=O) groups excluding carboxylic acids is 1. The van der Waals surface area contributed by atoms with Crippen LogP contribution < -0.4 is 4.74 Å². The third-order valence-corrected chi connectivity index (χ3v) is 6.08. The van der Waals surface area contributed by atoms with Crippen LogP contribution in [0.25, 0.3) is 0 Å². The number of carbonyl (C=O) groups is 1. The maximum atomic E-state index is 12.8. The first-order valence-electron chi connectivity index (χ1n) is 9.67. The van der Waals surface area contributed by atoms with E-state index in [1.807, 2.05) is 29.2 Å². The highest BCUT2D eigenvalue weighted by molar-refractivity contribution is 5.92. The molecule has 1 saturated heterocycles. The van der Waals surface area contributed by atoms with E-state index in [1.54, 1.807) is 13.2 Å². The highest BCUT2D eigenvalue weighted by Gasteiger charge is 2.53. The second-order valence-electron chi connectivity index (χ2n) is 7.70. The average Bonchev–Trinajstić information content (AvgIpc) is 3.39. The molecule has 0 radical (unpaired) electrons. The number of hydrogen-bond acceptors (Lipinski definition) is 5. The van der Waals surface area contributed by atoms with Gasteiger partial charge in [-0.1, -0.05) is 24.2 Å². The molecule has 2 aliphatic rings. The molecule has 1 amide bonds. The Balaban J connectivity index is 1.52. The van der Waals surface area contributed by atoms with Crippen molar-refractivity contribution in [2.75, 3.05) is 20.2 Å². The summed E-state index contributed by atoms with van der Waals surface area (Å²) in [5, 5.41) is 15.4. The van der Waals surface area contributed by atoms with Gasteiger partial charge in [-0.3, -0.25) is 4.79 Å². The van der Waals surface area contributed by atoms with Crippen molar-refractivity contribution < 1.29 is 19.2 Å². The van der Waals surface area contributed by atoms with Crippen molar-refractivity contribution in [3.8, 4) is 5.75 Å². The molecule has 0 unspecified atom stereocenters. The van der Waals surface area contributed by atoms with Crippen LogP contribution in [0.3, 0.4) is 0 Å². The summed E-state index contributed by atoms with van der Waals surface area (Å²) in [4.78, 5) is 14.7. The quantitative estimate of drug-likeness (QED) is 0.876. The zero-order chi connectivity index (χ0) is 19.0. The number of nitrogens with zero attached hydrogens (tertiary/aromatic N) is 2. The molecule has 3 atom stereocenters. The fourth-order valence-corrected chi connectivity index (χ4v) is 4.65. The highest BCUT2D eigenvalue weighted by Crippen LogP contribution is 2.51. The molecule has 144 valence electrons. The summed E-state index contributed by atoms with van der Waals surface area (Å²) in [6.07, 6.45) is 3.34. The third-order valence-electron chi connectivity index (χ3n) is 6.08. The SMILES string of the molecule is CCCc1cc(C(=O)N2C[C@@H]3CC[C@](O)(c4cccc(OC)c4)[C@@H]3C2)no1. The molecule has 1 N–H and O–H groups in total. The predicted octanol–water partition coefficient (Wildman–Crippen LogP) is 3.01. The fraction of sp³-hybridized carbons (Fsp3) is 0.524. The summed E-state index contributed by atoms with van der Waals surface area (Å²) in [5.74, 6) is 1.70. The van der Waals surface area contributed by atoms with Crippen LogP contribution in [0, 0.1) is 11.8 Å². The molecule has 0 spiro atoms. The van der Waals surface area contributed by atoms with Crippen molar-refractivity contribution in [3.05, 3.63) is 47.3 Å². The predicted molar refractivity (Wildman–Crippen MR) is 99.5 cm³/mol. The number of ether oxygens (including phenoxy) is 1. The van der Waals surface area contributed by atoms with Crippen molar-refractivity contribution >= 4 is 5.91 Å². The Morgan fingerprint density at radius 2 is 2.26 bits per heavy atom. The first kappa shape index (κ1) is 18.0. The molecular formula is C21H26N2O4. The van der Waals surface area contributed by atoms with Crippen LogP contribution in [0.4, 0.5) is 0 Å². The minimum atomic E-state index is -0.925. The van der Waals surface area contributed by atoms with Crippen LogP contribution in [0.1, 0.15) is 48.0 Å². The van der Waals surface area contributed by atoms with Crippen LogP contribution in [-0.2, 0) is 12.0 Å². The summed E-state index contributed by atoms with van der Waals surface area (Å²) >= 11 is 0. The lowest BCUT2D eigenvalue weighted by atomic mass is 9.82. The molecule has 2 fully saturated rings. The summed E-state index contributed by atoms with van der Waals surface area (Å²) in [5.41, 5.74) is 0.310. The van der Waals surface area contributed by atoms with Gasteiger partial charge in [0, 0.05) is 31.5 Å². The lowest BCUT2D eigenvalue weighted by molar-refractivity contribution is -0.00608. The molecule has 2 heterocycles. The fourth-order valence-electron chi connectivity index (χ4n) is 4.65. The van der Waals surface area contributed by atoms with Crippen LogP contribution in [0.15, 0.2) is 34.9 Å². The first-order valence-corrected chi connectivity index (χ1v) is 9.67. The molecule has 6 heteroatoms. The number of methoxy groups -OCH3 is 1. The zero-order valence-corrected chi connectivity index (χ0v) is 15.9. The van der Waals surface area contributed by atoms with E-state index in [9.17, 15) is 9.90 Å². The van der Waals surface area contributed by atoms with Gasteiger partial charge >= 0.3 is 0 Å². The number of aryl methyl sites for hydroxylation is 1. The summed E-state index contributed by atoms with van der Waals surface area (Å²) in [7, 11) is 1.63. The van der Waals surface area contributed by atoms with Crippen molar-refractivity contribution in [2.24, 2.45) is 11.8 Å². The lowest BCUT2D eigenvalue weighted by Gasteiger charge is -2.31. The summed E-state index contributed by atoms with van der Waals surface area (Å²) in [6, 6.07) is 9.38. The number of amides is 1. The monoisotopic (exact) mass is 370 g/mol. The normalized spacial score (nSPS) is 27.0. The topological polar surface area (TPSA) is 75.8 Å². The smallest absolute Gasteiger partial charge is 0.276 e. The first-order chi connectivity index (χ1) is 13.0. The number of fused-ring (bicyclic) bond motifs is 1. The molecule has 1 aliphatic heterocycles. The van der Waals surface area contributed by atoms with Crippen molar-refractivity contribution in [1.82, 2.24) is 10.1 Å². The minimum absolute atomic E-state index is 0.0237. The molecule has 1 aliphatic carbocycles. The van der Waals surface area contributed by atoms with E-state index in [4.69, 9.17) is 9.26 Å². The lowest BCUT2D eigenvalue weighted by Crippen LogP contribution is -2.36. The van der Waals surface area contributed by atoms with E-state index in [0.29, 0.717) is 31.1 Å². The maximum absolute atomic E-state index is 12.8. The molecule has 27 heavy (non-hydrogen) atoms. The van der Waals surface area contributed by atoms with Crippen LogP contribution in [-0.4, -0.2) is 41.3 Å². The van der Waals surface area contributed by atoms with Crippen LogP contribution >= 0.6 is 0 Å². The van der Waals surface area contributed by atoms with Crippen molar-refractivity contribution in [2.45, 2.75) is 38.2 Å². The number of likely N-dealkylation sites (tertiary alicyclic amines) is 1. The minimum Gasteiger partial charge on any atom is -0.497 e. The van der Waals surface area contributed by atoms with Gasteiger partial charge in [0.2, 0.25) is 0 Å². The molecule has 0 bridgehead atoms. The highest BCUT2D eigenvalue weighted by atomic mass is 16.5. The van der Waals surface area contributed by atoms with Gasteiger partial charge in [0.25, 0.3) is 5.91 Å². The average molecular weight is 370 g/mol. The van der Waals surface area contributed by atoms with Crippen molar-refractivity contribution in [1.29, 1.82) is 0 Å². The van der Waals surface area contributed by atoms with Gasteiger partial charge in [-0.15, -0.1) is 0 Å². The summed E-state index contributed by atoms with van der Waals surface area (Å²) in [6.45, 7) is 3.25. The van der Waals surface area contributed by atoms with Crippen LogP contribution in [0.5, 0.6) is 5.75 Å². The van der Waals surface area contributed by atoms with Gasteiger partial charge < -0.3 is 19.3 Å². The molecule has 2 aromatic rings. The van der Waals surface area contributed by atoms with Gasteiger partial charge in [-0.05, 0) is 42.9 Å². The second kappa shape index (κ2) is 7.00. The Bertz CT molecular complexity index is 833. The Hall–Kier alpha value is -2.34. The molecule has 6 nitrogen and oxygen atoms in total. The van der Waals surface area contributed by atoms with E-state index >= 15 is 0 Å². The van der Waals surface area contributed by atoms with Crippen molar-refractivity contribution in [3.63, 3.8) is 0 Å². The number of rotatable bonds is 5. The van der Waals surface area contributed by atoms with Gasteiger partial charge in [-0.2, -0.15) is 0 Å². The summed E-state index contributed by atoms with van der Waals surface area (Å²) < 4.78 is 10.6. The second-order valence-corrected chi connectivity index (χ2v) is 7.70. The number of hydrogen-bond donors (Lipinski definition) is 1. The molecule has 1 aromatic heterocycles. The Labute approximate surface area is 159 Å². The zero-order valence-electron chi connectivity index (χ0n) is 15.9. The van der Waals surface area contributed by atoms with Crippen LogP contribution in [0.2, 0.25) is 0 Å². The van der Waals surface area contributed by atoms with E-state index in [2.05, 4.69) is 12.1 Å². The van der Waals surface area contributed by atoms with Gasteiger partial charge in [0.15, 0.2) is 5.69 Å². The number of aromatic nitrogens is 1. The molecule has 4 rings (SSSR count). The maximum Gasteiger partial charge on any atom is 0.276 e. The van der Waals surface area contributed by atoms with E-state index in [1.165, 1.54) is 0 Å². The Morgan fingerprint density at radius 3 is 3.04 bits per heavy atom. The van der Waals surface area contributed by atoms with E-state index < -0.39 is 5.60 Å². The van der Waals surface area contributed by atoms with Gasteiger partial charge in [-0.25, -0.2) is 0 Å². The van der Waals surface area contributed by atoms with E-state index in [-0.39, 0.29) is 11.8 Å². The Morgan fingerprint density at radius 1 is 1.41 bits per heavy atom. The van der Waals surface area contributed by atoms with Gasteiger partial charge in [0.05, 0.1) is 12.7 Å². The van der Waals surface area contributed by atoms with E-state index in [0.717, 1.165) is 36.3 Å². The third kappa shape index (κ3) is 3.12. The molecular weight excluding hydrogens is 344 g/mol. The largest absolute Gasteiger partial charge is 0.497 e.